The van der Waals surface area contributed by atoms with E-state index < -0.39 is 10.0 Å². The fourth-order valence-electron chi connectivity index (χ4n) is 3.50. The lowest BCUT2D eigenvalue weighted by atomic mass is 10.0. The summed E-state index contributed by atoms with van der Waals surface area (Å²) >= 11 is 5.87. The normalized spacial score (nSPS) is 15.4. The summed E-state index contributed by atoms with van der Waals surface area (Å²) in [5, 5.41) is 8.16. The molecule has 0 saturated heterocycles. The number of hydrogen-bond acceptors (Lipinski definition) is 5. The van der Waals surface area contributed by atoms with Gasteiger partial charge in [0, 0.05) is 10.7 Å². The second-order valence-corrected chi connectivity index (χ2v) is 9.31. The first kappa shape index (κ1) is 20.3. The Hall–Kier alpha value is -3.62. The maximum Gasteiger partial charge on any atom is 0.264 e. The number of hydrogen-bond donors (Lipinski definition) is 2. The number of aromatic nitrogens is 3. The fourth-order valence-corrected chi connectivity index (χ4v) is 4.57. The Morgan fingerprint density at radius 1 is 0.906 bits per heavy atom. The van der Waals surface area contributed by atoms with Crippen LogP contribution in [0.1, 0.15) is 17.2 Å². The number of benzene rings is 3. The Morgan fingerprint density at radius 3 is 2.25 bits per heavy atom. The molecule has 4 aromatic rings. The smallest absolute Gasteiger partial charge is 0.264 e. The molecule has 2 heterocycles. The summed E-state index contributed by atoms with van der Waals surface area (Å²) < 4.78 is 29.7. The second kappa shape index (κ2) is 8.14. The fraction of sp³-hybridized carbons (Fsp3) is 0.0435. The Bertz CT molecular complexity index is 1390. The quantitative estimate of drug-likeness (QED) is 0.444. The van der Waals surface area contributed by atoms with E-state index in [-0.39, 0.29) is 16.9 Å². The van der Waals surface area contributed by atoms with Gasteiger partial charge in [0.2, 0.25) is 5.95 Å². The molecule has 0 unspecified atom stereocenters. The van der Waals surface area contributed by atoms with Crippen LogP contribution in [0.25, 0.3) is 5.70 Å². The van der Waals surface area contributed by atoms with Gasteiger partial charge in [-0.1, -0.05) is 72.3 Å². The van der Waals surface area contributed by atoms with Crippen molar-refractivity contribution < 1.29 is 8.42 Å². The third kappa shape index (κ3) is 3.98. The van der Waals surface area contributed by atoms with Gasteiger partial charge in [-0.2, -0.15) is 4.98 Å². The van der Waals surface area contributed by atoms with Gasteiger partial charge in [0.05, 0.1) is 4.90 Å². The van der Waals surface area contributed by atoms with Crippen LogP contribution in [0, 0.1) is 0 Å². The van der Waals surface area contributed by atoms with Crippen LogP contribution in [-0.2, 0) is 10.0 Å². The van der Waals surface area contributed by atoms with Gasteiger partial charge >= 0.3 is 0 Å². The van der Waals surface area contributed by atoms with Gasteiger partial charge in [0.1, 0.15) is 6.04 Å². The SMILES string of the molecule is O=S(=O)(Nc1nc2n(n1)[C@H](c1ccccc1)C=C(c1ccccc1)N2)c1ccc(Cl)cc1. The van der Waals surface area contributed by atoms with Crippen LogP contribution < -0.4 is 10.0 Å². The predicted octanol–water partition coefficient (Wildman–Crippen LogP) is 4.79. The van der Waals surface area contributed by atoms with Crippen LogP contribution in [-0.4, -0.2) is 23.2 Å². The van der Waals surface area contributed by atoms with E-state index in [1.165, 1.54) is 24.3 Å². The van der Waals surface area contributed by atoms with Gasteiger partial charge in [-0.15, -0.1) is 5.10 Å². The lowest BCUT2D eigenvalue weighted by Crippen LogP contribution is -2.20. The minimum atomic E-state index is -3.87. The summed E-state index contributed by atoms with van der Waals surface area (Å²) in [5.41, 5.74) is 2.86. The average Bonchev–Trinajstić information content (AvgIpc) is 3.21. The highest BCUT2D eigenvalue weighted by Gasteiger charge is 2.27. The van der Waals surface area contributed by atoms with E-state index >= 15 is 0 Å². The summed E-state index contributed by atoms with van der Waals surface area (Å²) in [6.45, 7) is 0. The van der Waals surface area contributed by atoms with Crippen molar-refractivity contribution in [1.29, 1.82) is 0 Å². The number of halogens is 1. The first-order chi connectivity index (χ1) is 15.5. The highest BCUT2D eigenvalue weighted by Crippen LogP contribution is 2.33. The Labute approximate surface area is 190 Å². The molecule has 5 rings (SSSR count). The van der Waals surface area contributed by atoms with Crippen molar-refractivity contribution in [2.24, 2.45) is 0 Å². The first-order valence-corrected chi connectivity index (χ1v) is 11.7. The number of allylic oxidation sites excluding steroid dienone is 1. The highest BCUT2D eigenvalue weighted by molar-refractivity contribution is 7.92. The van der Waals surface area contributed by atoms with Crippen molar-refractivity contribution in [1.82, 2.24) is 14.8 Å². The molecule has 32 heavy (non-hydrogen) atoms. The number of fused-ring (bicyclic) bond motifs is 1. The highest BCUT2D eigenvalue weighted by atomic mass is 35.5. The molecule has 9 heteroatoms. The lowest BCUT2D eigenvalue weighted by Gasteiger charge is -2.24. The van der Waals surface area contributed by atoms with E-state index in [0.29, 0.717) is 11.0 Å². The molecule has 2 N–H and O–H groups in total. The van der Waals surface area contributed by atoms with E-state index in [9.17, 15) is 8.42 Å². The van der Waals surface area contributed by atoms with Crippen LogP contribution >= 0.6 is 11.6 Å². The minimum absolute atomic E-state index is 0.0221. The van der Waals surface area contributed by atoms with E-state index in [4.69, 9.17) is 11.6 Å². The van der Waals surface area contributed by atoms with Crippen LogP contribution in [0.15, 0.2) is 95.9 Å². The minimum Gasteiger partial charge on any atom is -0.324 e. The molecule has 7 nitrogen and oxygen atoms in total. The molecule has 0 saturated carbocycles. The summed E-state index contributed by atoms with van der Waals surface area (Å²) in [4.78, 5) is 4.49. The van der Waals surface area contributed by atoms with Crippen LogP contribution in [0.4, 0.5) is 11.9 Å². The number of sulfonamides is 1. The van der Waals surface area contributed by atoms with E-state index in [0.717, 1.165) is 16.8 Å². The van der Waals surface area contributed by atoms with Gasteiger partial charge < -0.3 is 5.32 Å². The predicted molar refractivity (Wildman–Crippen MR) is 125 cm³/mol. The van der Waals surface area contributed by atoms with E-state index in [1.54, 1.807) is 4.68 Å². The average molecular weight is 464 g/mol. The number of anilines is 2. The molecule has 0 spiro atoms. The van der Waals surface area contributed by atoms with Gasteiger partial charge in [-0.25, -0.2) is 17.8 Å². The van der Waals surface area contributed by atoms with Crippen molar-refractivity contribution in [2.45, 2.75) is 10.9 Å². The first-order valence-electron chi connectivity index (χ1n) is 9.84. The van der Waals surface area contributed by atoms with Gasteiger partial charge in [-0.05, 0) is 41.5 Å². The Kier molecular flexibility index (Phi) is 5.16. The number of rotatable bonds is 5. The topological polar surface area (TPSA) is 88.9 Å². The van der Waals surface area contributed by atoms with Crippen molar-refractivity contribution in [3.05, 3.63) is 107 Å². The molecule has 1 aliphatic rings. The largest absolute Gasteiger partial charge is 0.324 e. The Balaban J connectivity index is 1.53. The van der Waals surface area contributed by atoms with Crippen molar-refractivity contribution >= 4 is 39.2 Å². The molecular formula is C23H18ClN5O2S. The van der Waals surface area contributed by atoms with Crippen LogP contribution in [0.2, 0.25) is 5.02 Å². The van der Waals surface area contributed by atoms with E-state index in [2.05, 4.69) is 20.1 Å². The van der Waals surface area contributed by atoms with Gasteiger partial charge in [-0.3, -0.25) is 0 Å². The summed E-state index contributed by atoms with van der Waals surface area (Å²) in [7, 11) is -3.87. The lowest BCUT2D eigenvalue weighted by molar-refractivity contribution is 0.598. The molecule has 0 aliphatic carbocycles. The maximum absolute atomic E-state index is 12.8. The summed E-state index contributed by atoms with van der Waals surface area (Å²) in [6.07, 6.45) is 2.05. The standard InChI is InChI=1S/C23H18ClN5O2S/c24-18-11-13-19(14-12-18)32(30,31)28-22-26-23-25-20(16-7-3-1-4-8-16)15-21(29(23)27-22)17-9-5-2-6-10-17/h1-15,21H,(H2,25,26,27,28)/t21-/m0/s1. The molecular weight excluding hydrogens is 446 g/mol. The monoisotopic (exact) mass is 463 g/mol. The maximum atomic E-state index is 12.8. The second-order valence-electron chi connectivity index (χ2n) is 7.19. The summed E-state index contributed by atoms with van der Waals surface area (Å²) in [6, 6.07) is 25.3. The van der Waals surface area contributed by atoms with Gasteiger partial charge in [0.25, 0.3) is 16.0 Å². The zero-order valence-corrected chi connectivity index (χ0v) is 18.3. The summed E-state index contributed by atoms with van der Waals surface area (Å²) in [5.74, 6) is 0.417. The number of nitrogens with zero attached hydrogens (tertiary/aromatic N) is 3. The van der Waals surface area contributed by atoms with Crippen LogP contribution in [0.5, 0.6) is 0 Å². The molecule has 1 aromatic heterocycles. The van der Waals surface area contributed by atoms with Crippen LogP contribution in [0.3, 0.4) is 0 Å². The van der Waals surface area contributed by atoms with E-state index in [1.807, 2.05) is 66.7 Å². The third-order valence-electron chi connectivity index (χ3n) is 5.04. The van der Waals surface area contributed by atoms with Crippen molar-refractivity contribution in [2.75, 3.05) is 10.0 Å². The molecule has 3 aromatic carbocycles. The zero-order valence-electron chi connectivity index (χ0n) is 16.7. The molecule has 1 aliphatic heterocycles. The molecule has 0 radical (unpaired) electrons. The molecule has 0 amide bonds. The molecule has 0 fully saturated rings. The van der Waals surface area contributed by atoms with Crippen molar-refractivity contribution in [3.8, 4) is 0 Å². The molecule has 0 bridgehead atoms. The zero-order chi connectivity index (χ0) is 22.1. The van der Waals surface area contributed by atoms with Crippen molar-refractivity contribution in [3.63, 3.8) is 0 Å². The van der Waals surface area contributed by atoms with Gasteiger partial charge in [0.15, 0.2) is 0 Å². The third-order valence-corrected chi connectivity index (χ3v) is 6.64. The molecule has 1 atom stereocenters. The number of nitrogens with one attached hydrogen (secondary N) is 2. The Morgan fingerprint density at radius 2 is 1.56 bits per heavy atom. The molecule has 160 valence electrons.